The van der Waals surface area contributed by atoms with E-state index < -0.39 is 0 Å². The van der Waals surface area contributed by atoms with Gasteiger partial charge < -0.3 is 5.32 Å². The van der Waals surface area contributed by atoms with Crippen LogP contribution in [0.15, 0.2) is 24.4 Å². The van der Waals surface area contributed by atoms with Crippen molar-refractivity contribution in [2.24, 2.45) is 7.05 Å². The van der Waals surface area contributed by atoms with Crippen molar-refractivity contribution in [3.05, 3.63) is 47.3 Å². The van der Waals surface area contributed by atoms with Crippen LogP contribution in [0.2, 0.25) is 0 Å². The van der Waals surface area contributed by atoms with Crippen LogP contribution in [0.3, 0.4) is 0 Å². The lowest BCUT2D eigenvalue weighted by Crippen LogP contribution is -2.25. The van der Waals surface area contributed by atoms with Crippen molar-refractivity contribution in [3.8, 4) is 0 Å². The van der Waals surface area contributed by atoms with E-state index in [0.29, 0.717) is 0 Å². The Morgan fingerprint density at radius 2 is 2.20 bits per heavy atom. The summed E-state index contributed by atoms with van der Waals surface area (Å²) in [4.78, 5) is 4.20. The molecule has 0 aliphatic rings. The molecule has 2 aromatic rings. The highest BCUT2D eigenvalue weighted by Crippen LogP contribution is 2.17. The Hall–Kier alpha value is -1.75. The zero-order valence-electron chi connectivity index (χ0n) is 12.2. The maximum Gasteiger partial charge on any atom is 0.141 e. The first-order chi connectivity index (χ1) is 9.60. The van der Waals surface area contributed by atoms with Gasteiger partial charge in [0, 0.05) is 19.2 Å². The number of hydrogen-bond acceptors (Lipinski definition) is 3. The second-order valence-corrected chi connectivity index (χ2v) is 5.01. The molecule has 1 atom stereocenters. The Bertz CT molecular complexity index is 548. The highest BCUT2D eigenvalue weighted by atomic mass is 19.1. The average Bonchev–Trinajstić information content (AvgIpc) is 2.74. The van der Waals surface area contributed by atoms with Gasteiger partial charge in [0.05, 0.1) is 23.6 Å². The van der Waals surface area contributed by atoms with Gasteiger partial charge in [-0.15, -0.1) is 0 Å². The van der Waals surface area contributed by atoms with Crippen LogP contribution in [0, 0.1) is 12.7 Å². The molecule has 0 saturated carbocycles. The van der Waals surface area contributed by atoms with Crippen LogP contribution in [-0.4, -0.2) is 21.3 Å². The zero-order valence-corrected chi connectivity index (χ0v) is 12.2. The molecule has 0 aliphatic carbocycles. The Morgan fingerprint density at radius 3 is 2.75 bits per heavy atom. The molecule has 20 heavy (non-hydrogen) atoms. The summed E-state index contributed by atoms with van der Waals surface area (Å²) in [5, 5.41) is 7.82. The van der Waals surface area contributed by atoms with Crippen LogP contribution in [0.25, 0.3) is 0 Å². The summed E-state index contributed by atoms with van der Waals surface area (Å²) in [7, 11) is 1.94. The summed E-state index contributed by atoms with van der Waals surface area (Å²) in [6, 6.07) is 5.35. The molecule has 0 spiro atoms. The second-order valence-electron chi connectivity index (χ2n) is 5.01. The van der Waals surface area contributed by atoms with E-state index in [9.17, 15) is 4.39 Å². The molecule has 0 aromatic carbocycles. The quantitative estimate of drug-likeness (QED) is 0.881. The summed E-state index contributed by atoms with van der Waals surface area (Å²) in [5.74, 6) is -0.306. The molecular weight excluding hydrogens is 255 g/mol. The monoisotopic (exact) mass is 276 g/mol. The first-order valence-corrected chi connectivity index (χ1v) is 6.94. The Morgan fingerprint density at radius 1 is 1.40 bits per heavy atom. The lowest BCUT2D eigenvalue weighted by molar-refractivity contribution is 0.499. The molecule has 0 fully saturated rings. The fourth-order valence-electron chi connectivity index (χ4n) is 2.26. The molecule has 0 bridgehead atoms. The Labute approximate surface area is 119 Å². The second kappa shape index (κ2) is 6.61. The van der Waals surface area contributed by atoms with Gasteiger partial charge in [-0.1, -0.05) is 6.92 Å². The minimum atomic E-state index is -0.306. The molecule has 5 heteroatoms. The van der Waals surface area contributed by atoms with Crippen LogP contribution >= 0.6 is 0 Å². The number of nitrogens with one attached hydrogen (secondary N) is 1. The van der Waals surface area contributed by atoms with Crippen molar-refractivity contribution in [1.82, 2.24) is 20.1 Å². The van der Waals surface area contributed by atoms with Gasteiger partial charge in [-0.25, -0.2) is 4.39 Å². The third-order valence-electron chi connectivity index (χ3n) is 3.26. The van der Waals surface area contributed by atoms with E-state index in [1.165, 1.54) is 12.3 Å². The van der Waals surface area contributed by atoms with Crippen molar-refractivity contribution in [2.75, 3.05) is 6.54 Å². The SMILES string of the molecule is CCCNC(Cc1cc(C)nn1C)c1ccc(F)cn1. The lowest BCUT2D eigenvalue weighted by Gasteiger charge is -2.18. The third-order valence-corrected chi connectivity index (χ3v) is 3.26. The molecule has 0 radical (unpaired) electrons. The summed E-state index contributed by atoms with van der Waals surface area (Å²) >= 11 is 0. The molecule has 1 N–H and O–H groups in total. The molecule has 2 rings (SSSR count). The number of nitrogens with zero attached hydrogens (tertiary/aromatic N) is 3. The van der Waals surface area contributed by atoms with Crippen LogP contribution in [-0.2, 0) is 13.5 Å². The van der Waals surface area contributed by atoms with Gasteiger partial charge in [-0.2, -0.15) is 5.10 Å². The van der Waals surface area contributed by atoms with Gasteiger partial charge in [0.15, 0.2) is 0 Å². The largest absolute Gasteiger partial charge is 0.308 e. The van der Waals surface area contributed by atoms with Gasteiger partial charge in [0.2, 0.25) is 0 Å². The molecule has 0 amide bonds. The summed E-state index contributed by atoms with van der Waals surface area (Å²) < 4.78 is 14.9. The number of pyridine rings is 1. The number of halogens is 1. The van der Waals surface area contributed by atoms with E-state index in [0.717, 1.165) is 36.5 Å². The van der Waals surface area contributed by atoms with Gasteiger partial charge in [-0.05, 0) is 38.1 Å². The summed E-state index contributed by atoms with van der Waals surface area (Å²) in [5.41, 5.74) is 3.00. The predicted molar refractivity (Wildman–Crippen MR) is 76.9 cm³/mol. The van der Waals surface area contributed by atoms with Crippen LogP contribution in [0.4, 0.5) is 4.39 Å². The molecule has 4 nitrogen and oxygen atoms in total. The zero-order chi connectivity index (χ0) is 14.5. The van der Waals surface area contributed by atoms with Crippen molar-refractivity contribution in [2.45, 2.75) is 32.7 Å². The fourth-order valence-corrected chi connectivity index (χ4v) is 2.26. The predicted octanol–water partition coefficient (Wildman–Crippen LogP) is 2.55. The standard InChI is InChI=1S/C15H21FN4/c1-4-7-17-15(14-6-5-12(16)10-18-14)9-13-8-11(2)19-20(13)3/h5-6,8,10,15,17H,4,7,9H2,1-3H3. The van der Waals surface area contributed by atoms with E-state index >= 15 is 0 Å². The molecule has 2 heterocycles. The van der Waals surface area contributed by atoms with E-state index in [2.05, 4.69) is 28.4 Å². The van der Waals surface area contributed by atoms with E-state index in [1.54, 1.807) is 6.07 Å². The van der Waals surface area contributed by atoms with Crippen LogP contribution < -0.4 is 5.32 Å². The topological polar surface area (TPSA) is 42.7 Å². The summed E-state index contributed by atoms with van der Waals surface area (Å²) in [6.07, 6.45) is 3.10. The molecule has 0 saturated heterocycles. The first-order valence-electron chi connectivity index (χ1n) is 6.94. The van der Waals surface area contributed by atoms with Crippen LogP contribution in [0.5, 0.6) is 0 Å². The first kappa shape index (κ1) is 14.7. The molecule has 108 valence electrons. The maximum absolute atomic E-state index is 13.0. The van der Waals surface area contributed by atoms with Crippen molar-refractivity contribution < 1.29 is 4.39 Å². The number of aromatic nitrogens is 3. The third kappa shape index (κ3) is 3.63. The number of rotatable bonds is 6. The van der Waals surface area contributed by atoms with E-state index in [4.69, 9.17) is 0 Å². The normalized spacial score (nSPS) is 12.6. The van der Waals surface area contributed by atoms with Gasteiger partial charge in [-0.3, -0.25) is 9.67 Å². The lowest BCUT2D eigenvalue weighted by atomic mass is 10.1. The van der Waals surface area contributed by atoms with E-state index in [-0.39, 0.29) is 11.9 Å². The van der Waals surface area contributed by atoms with Crippen LogP contribution in [0.1, 0.15) is 36.5 Å². The average molecular weight is 276 g/mol. The molecule has 2 aromatic heterocycles. The van der Waals surface area contributed by atoms with Gasteiger partial charge in [0.25, 0.3) is 0 Å². The molecule has 1 unspecified atom stereocenters. The van der Waals surface area contributed by atoms with Gasteiger partial charge >= 0.3 is 0 Å². The van der Waals surface area contributed by atoms with Crippen molar-refractivity contribution >= 4 is 0 Å². The number of hydrogen-bond donors (Lipinski definition) is 1. The Balaban J connectivity index is 2.18. The highest BCUT2D eigenvalue weighted by Gasteiger charge is 2.15. The molecule has 0 aliphatic heterocycles. The highest BCUT2D eigenvalue weighted by molar-refractivity contribution is 5.16. The maximum atomic E-state index is 13.0. The smallest absolute Gasteiger partial charge is 0.141 e. The Kier molecular flexibility index (Phi) is 4.84. The minimum Gasteiger partial charge on any atom is -0.308 e. The molecular formula is C15H21FN4. The summed E-state index contributed by atoms with van der Waals surface area (Å²) in [6.45, 7) is 5.01. The van der Waals surface area contributed by atoms with E-state index in [1.807, 2.05) is 18.7 Å². The number of aryl methyl sites for hydroxylation is 2. The minimum absolute atomic E-state index is 0.0744. The fraction of sp³-hybridized carbons (Fsp3) is 0.467. The van der Waals surface area contributed by atoms with Crippen molar-refractivity contribution in [3.63, 3.8) is 0 Å². The van der Waals surface area contributed by atoms with Gasteiger partial charge in [0.1, 0.15) is 5.82 Å². The van der Waals surface area contributed by atoms with Crippen molar-refractivity contribution in [1.29, 1.82) is 0 Å².